The molecular weight excluding hydrogens is 186 g/mol. The van der Waals surface area contributed by atoms with Crippen LogP contribution in [0.1, 0.15) is 19.8 Å². The van der Waals surface area contributed by atoms with E-state index in [2.05, 4.69) is 11.9 Å². The molecule has 0 aliphatic carbocycles. The van der Waals surface area contributed by atoms with Crippen molar-refractivity contribution in [3.8, 4) is 0 Å². The Morgan fingerprint density at radius 1 is 1.62 bits per heavy atom. The van der Waals surface area contributed by atoms with Crippen molar-refractivity contribution in [3.63, 3.8) is 0 Å². The van der Waals surface area contributed by atoms with E-state index in [-0.39, 0.29) is 5.69 Å². The SMILES string of the molecule is CCCCn1sc2nccn2c1=O. The average Bonchev–Trinajstić information content (AvgIpc) is 2.67. The summed E-state index contributed by atoms with van der Waals surface area (Å²) in [5, 5.41) is 0. The third-order valence-electron chi connectivity index (χ3n) is 1.93. The Morgan fingerprint density at radius 2 is 2.46 bits per heavy atom. The Balaban J connectivity index is 2.40. The summed E-state index contributed by atoms with van der Waals surface area (Å²) in [6.45, 7) is 2.92. The molecule has 0 unspecified atom stereocenters. The zero-order chi connectivity index (χ0) is 9.26. The maximum Gasteiger partial charge on any atom is 0.343 e. The molecule has 0 amide bonds. The molecule has 0 N–H and O–H groups in total. The number of nitrogens with zero attached hydrogens (tertiary/aromatic N) is 3. The molecule has 4 nitrogen and oxygen atoms in total. The molecule has 0 aliphatic heterocycles. The lowest BCUT2D eigenvalue weighted by Crippen LogP contribution is -2.18. The monoisotopic (exact) mass is 197 g/mol. The average molecular weight is 197 g/mol. The van der Waals surface area contributed by atoms with E-state index < -0.39 is 0 Å². The van der Waals surface area contributed by atoms with Crippen molar-refractivity contribution >= 4 is 16.5 Å². The van der Waals surface area contributed by atoms with E-state index >= 15 is 0 Å². The smallest absolute Gasteiger partial charge is 0.246 e. The molecule has 5 heteroatoms. The first-order valence-electron chi connectivity index (χ1n) is 4.36. The van der Waals surface area contributed by atoms with Gasteiger partial charge in [-0.3, -0.25) is 0 Å². The highest BCUT2D eigenvalue weighted by Gasteiger charge is 2.05. The summed E-state index contributed by atoms with van der Waals surface area (Å²) in [7, 11) is 0. The minimum absolute atomic E-state index is 0.0333. The van der Waals surface area contributed by atoms with Crippen LogP contribution in [0.4, 0.5) is 0 Å². The van der Waals surface area contributed by atoms with Crippen LogP contribution in [0.3, 0.4) is 0 Å². The number of aryl methyl sites for hydroxylation is 1. The largest absolute Gasteiger partial charge is 0.343 e. The Kier molecular flexibility index (Phi) is 2.18. The summed E-state index contributed by atoms with van der Waals surface area (Å²) in [5.74, 6) is 0. The van der Waals surface area contributed by atoms with Crippen LogP contribution >= 0.6 is 11.5 Å². The second kappa shape index (κ2) is 3.33. The number of unbranched alkanes of at least 4 members (excludes halogenated alkanes) is 1. The number of fused-ring (bicyclic) bond motifs is 1. The Labute approximate surface area is 79.6 Å². The third-order valence-corrected chi connectivity index (χ3v) is 2.96. The zero-order valence-electron chi connectivity index (χ0n) is 7.43. The van der Waals surface area contributed by atoms with Gasteiger partial charge in [-0.25, -0.2) is 18.1 Å². The van der Waals surface area contributed by atoms with Gasteiger partial charge in [0.2, 0.25) is 4.96 Å². The van der Waals surface area contributed by atoms with E-state index in [0.717, 1.165) is 24.3 Å². The van der Waals surface area contributed by atoms with Crippen LogP contribution < -0.4 is 5.69 Å². The number of hydrogen-bond donors (Lipinski definition) is 0. The highest BCUT2D eigenvalue weighted by Crippen LogP contribution is 2.05. The van der Waals surface area contributed by atoms with Crippen molar-refractivity contribution in [2.45, 2.75) is 26.3 Å². The van der Waals surface area contributed by atoms with E-state index in [1.165, 1.54) is 11.5 Å². The van der Waals surface area contributed by atoms with E-state index in [1.54, 1.807) is 20.8 Å². The summed E-state index contributed by atoms with van der Waals surface area (Å²) < 4.78 is 3.34. The minimum Gasteiger partial charge on any atom is -0.246 e. The molecular formula is C8H11N3OS. The first-order valence-corrected chi connectivity index (χ1v) is 5.13. The predicted molar refractivity (Wildman–Crippen MR) is 52.2 cm³/mol. The van der Waals surface area contributed by atoms with Gasteiger partial charge in [0.1, 0.15) is 0 Å². The lowest BCUT2D eigenvalue weighted by molar-refractivity contribution is 0.644. The summed E-state index contributed by atoms with van der Waals surface area (Å²) in [5.41, 5.74) is 0.0333. The quantitative estimate of drug-likeness (QED) is 0.745. The number of rotatable bonds is 3. The standard InChI is InChI=1S/C8H11N3OS/c1-2-3-5-11-8(12)10-6-4-9-7(10)13-11/h4,6H,2-3,5H2,1H3. The first kappa shape index (κ1) is 8.50. The Bertz CT molecular complexity index is 453. The maximum atomic E-state index is 11.6. The Morgan fingerprint density at radius 3 is 3.15 bits per heavy atom. The molecule has 70 valence electrons. The van der Waals surface area contributed by atoms with Crippen molar-refractivity contribution in [2.75, 3.05) is 0 Å². The van der Waals surface area contributed by atoms with Gasteiger partial charge in [-0.1, -0.05) is 13.3 Å². The molecule has 0 aliphatic rings. The van der Waals surface area contributed by atoms with Crippen LogP contribution in [0.25, 0.3) is 4.96 Å². The van der Waals surface area contributed by atoms with Crippen molar-refractivity contribution < 1.29 is 0 Å². The fourth-order valence-corrected chi connectivity index (χ4v) is 2.12. The van der Waals surface area contributed by atoms with Gasteiger partial charge >= 0.3 is 5.69 Å². The van der Waals surface area contributed by atoms with Crippen LogP contribution in [0.15, 0.2) is 17.2 Å². The zero-order valence-corrected chi connectivity index (χ0v) is 8.25. The van der Waals surface area contributed by atoms with Crippen molar-refractivity contribution in [1.29, 1.82) is 0 Å². The summed E-state index contributed by atoms with van der Waals surface area (Å²) in [6, 6.07) is 0. The molecule has 2 rings (SSSR count). The summed E-state index contributed by atoms with van der Waals surface area (Å²) in [6.07, 6.45) is 5.50. The molecule has 0 spiro atoms. The topological polar surface area (TPSA) is 39.3 Å². The van der Waals surface area contributed by atoms with Gasteiger partial charge in [-0.15, -0.1) is 0 Å². The Hall–Kier alpha value is -1.10. The third kappa shape index (κ3) is 1.39. The molecule has 2 aromatic heterocycles. The predicted octanol–water partition coefficient (Wildman–Crippen LogP) is 1.36. The lowest BCUT2D eigenvalue weighted by Gasteiger charge is -1.94. The molecule has 0 saturated heterocycles. The van der Waals surface area contributed by atoms with E-state index in [1.807, 2.05) is 0 Å². The van der Waals surface area contributed by atoms with Gasteiger partial charge in [0.05, 0.1) is 0 Å². The molecule has 0 radical (unpaired) electrons. The molecule has 2 aromatic rings. The second-order valence-electron chi connectivity index (χ2n) is 2.91. The van der Waals surface area contributed by atoms with Crippen LogP contribution in [0.5, 0.6) is 0 Å². The molecule has 0 atom stereocenters. The van der Waals surface area contributed by atoms with Crippen LogP contribution in [-0.2, 0) is 6.54 Å². The fraction of sp³-hybridized carbons (Fsp3) is 0.500. The highest BCUT2D eigenvalue weighted by atomic mass is 32.1. The van der Waals surface area contributed by atoms with Crippen LogP contribution in [0, 0.1) is 0 Å². The van der Waals surface area contributed by atoms with E-state index in [0.29, 0.717) is 0 Å². The molecule has 13 heavy (non-hydrogen) atoms. The normalized spacial score (nSPS) is 11.2. The van der Waals surface area contributed by atoms with Gasteiger partial charge in [-0.2, -0.15) is 0 Å². The first-order chi connectivity index (χ1) is 6.33. The van der Waals surface area contributed by atoms with E-state index in [9.17, 15) is 4.79 Å². The maximum absolute atomic E-state index is 11.6. The van der Waals surface area contributed by atoms with Gasteiger partial charge < -0.3 is 0 Å². The van der Waals surface area contributed by atoms with Crippen molar-refractivity contribution in [3.05, 3.63) is 22.9 Å². The fourth-order valence-electron chi connectivity index (χ4n) is 1.20. The van der Waals surface area contributed by atoms with Gasteiger partial charge in [0.15, 0.2) is 0 Å². The van der Waals surface area contributed by atoms with Crippen LogP contribution in [-0.4, -0.2) is 13.3 Å². The molecule has 0 saturated carbocycles. The molecule has 2 heterocycles. The molecule has 0 aromatic carbocycles. The number of imidazole rings is 1. The molecule has 0 fully saturated rings. The highest BCUT2D eigenvalue weighted by molar-refractivity contribution is 7.11. The second-order valence-corrected chi connectivity index (χ2v) is 3.90. The van der Waals surface area contributed by atoms with Gasteiger partial charge in [-0.05, 0) is 18.0 Å². The van der Waals surface area contributed by atoms with Gasteiger partial charge in [0.25, 0.3) is 0 Å². The number of hydrogen-bond acceptors (Lipinski definition) is 3. The molecule has 0 bridgehead atoms. The van der Waals surface area contributed by atoms with Crippen LogP contribution in [0.2, 0.25) is 0 Å². The van der Waals surface area contributed by atoms with Gasteiger partial charge in [0, 0.05) is 18.9 Å². The summed E-state index contributed by atoms with van der Waals surface area (Å²) in [4.78, 5) is 16.4. The number of aromatic nitrogens is 3. The van der Waals surface area contributed by atoms with E-state index in [4.69, 9.17) is 0 Å². The van der Waals surface area contributed by atoms with Crippen molar-refractivity contribution in [2.24, 2.45) is 0 Å². The lowest BCUT2D eigenvalue weighted by atomic mass is 10.3. The minimum atomic E-state index is 0.0333. The summed E-state index contributed by atoms with van der Waals surface area (Å²) >= 11 is 1.43. The van der Waals surface area contributed by atoms with Crippen molar-refractivity contribution in [1.82, 2.24) is 13.3 Å².